The molecule has 3 N–H and O–H groups in total. The number of hydrogen-bond donors (Lipinski definition) is 3. The summed E-state index contributed by atoms with van der Waals surface area (Å²) in [5.41, 5.74) is 3.81. The van der Waals surface area contributed by atoms with E-state index in [2.05, 4.69) is 0 Å². The molecule has 4 rings (SSSR count). The molecule has 0 fully saturated rings. The first kappa shape index (κ1) is 22.8. The molecule has 1 aromatic heterocycles. The Hall–Kier alpha value is -3.86. The average molecular weight is 432 g/mol. The lowest BCUT2D eigenvalue weighted by Crippen LogP contribution is -2.01. The van der Waals surface area contributed by atoms with Crippen LogP contribution in [0.4, 0.5) is 0 Å². The van der Waals surface area contributed by atoms with Gasteiger partial charge in [-0.25, -0.2) is 0 Å². The molecule has 0 amide bonds. The Morgan fingerprint density at radius 1 is 0.719 bits per heavy atom. The Morgan fingerprint density at radius 2 is 1.38 bits per heavy atom. The van der Waals surface area contributed by atoms with Gasteiger partial charge in [0.1, 0.15) is 29.6 Å². The number of aromatic hydroxyl groups is 3. The normalized spacial score (nSPS) is 10.3. The smallest absolute Gasteiger partial charge is 0.147 e. The van der Waals surface area contributed by atoms with Crippen LogP contribution in [0.3, 0.4) is 0 Å². The van der Waals surface area contributed by atoms with Gasteiger partial charge in [0.25, 0.3) is 0 Å². The number of aryl methyl sites for hydroxylation is 2. The molecule has 0 radical (unpaired) electrons. The molecule has 0 saturated heterocycles. The SMILES string of the molecule is CCc1cc(-n2cccc2)c(OCc2ccccc2)cc1O.CCc1ccc(O)cc1O. The van der Waals surface area contributed by atoms with Gasteiger partial charge in [-0.15, -0.1) is 0 Å². The highest BCUT2D eigenvalue weighted by Crippen LogP contribution is 2.32. The van der Waals surface area contributed by atoms with E-state index in [0.717, 1.165) is 35.2 Å². The molecule has 0 aliphatic heterocycles. The lowest BCUT2D eigenvalue weighted by atomic mass is 10.1. The summed E-state index contributed by atoms with van der Waals surface area (Å²) in [4.78, 5) is 0. The van der Waals surface area contributed by atoms with Crippen LogP contribution in [-0.4, -0.2) is 19.9 Å². The summed E-state index contributed by atoms with van der Waals surface area (Å²) in [6.45, 7) is 4.45. The fraction of sp³-hybridized carbons (Fsp3) is 0.185. The molecule has 166 valence electrons. The summed E-state index contributed by atoms with van der Waals surface area (Å²) in [5.74, 6) is 1.23. The predicted octanol–water partition coefficient (Wildman–Crippen LogP) is 5.98. The molecular weight excluding hydrogens is 402 g/mol. The highest BCUT2D eigenvalue weighted by Gasteiger charge is 2.11. The summed E-state index contributed by atoms with van der Waals surface area (Å²) in [6, 6.07) is 22.3. The van der Waals surface area contributed by atoms with Gasteiger partial charge in [-0.2, -0.15) is 0 Å². The molecule has 5 nitrogen and oxygen atoms in total. The van der Waals surface area contributed by atoms with Crippen LogP contribution >= 0.6 is 0 Å². The molecule has 1 heterocycles. The van der Waals surface area contributed by atoms with E-state index in [-0.39, 0.29) is 17.2 Å². The third-order valence-electron chi connectivity index (χ3n) is 5.11. The zero-order valence-electron chi connectivity index (χ0n) is 18.4. The minimum Gasteiger partial charge on any atom is -0.508 e. The maximum absolute atomic E-state index is 10.1. The minimum atomic E-state index is 0.106. The second kappa shape index (κ2) is 11.0. The first-order chi connectivity index (χ1) is 15.5. The van der Waals surface area contributed by atoms with Gasteiger partial charge >= 0.3 is 0 Å². The maximum atomic E-state index is 10.1. The average Bonchev–Trinajstić information content (AvgIpc) is 3.34. The standard InChI is InChI=1S/C19H19NO2.C8H10O2/c1-2-16-12-17(20-10-6-7-11-20)19(13-18(16)21)22-14-15-8-4-3-5-9-15;1-2-6-3-4-7(9)5-8(6)10/h3-13,21H,2,14H2,1H3;3-5,9-10H,2H2,1H3. The van der Waals surface area contributed by atoms with Gasteiger partial charge in [-0.1, -0.05) is 50.2 Å². The number of aromatic nitrogens is 1. The van der Waals surface area contributed by atoms with Crippen LogP contribution in [0.1, 0.15) is 30.5 Å². The fourth-order valence-corrected chi connectivity index (χ4v) is 3.28. The number of ether oxygens (including phenoxy) is 1. The Kier molecular flexibility index (Phi) is 7.81. The molecule has 0 aliphatic carbocycles. The summed E-state index contributed by atoms with van der Waals surface area (Å²) in [6.07, 6.45) is 5.51. The maximum Gasteiger partial charge on any atom is 0.147 e. The quantitative estimate of drug-likeness (QED) is 0.351. The molecule has 0 saturated carbocycles. The van der Waals surface area contributed by atoms with E-state index in [1.807, 2.05) is 79.3 Å². The van der Waals surface area contributed by atoms with Crippen molar-refractivity contribution in [3.05, 3.63) is 102 Å². The largest absolute Gasteiger partial charge is 0.508 e. The molecule has 5 heteroatoms. The van der Waals surface area contributed by atoms with Crippen molar-refractivity contribution in [2.45, 2.75) is 33.3 Å². The van der Waals surface area contributed by atoms with Gasteiger partial charge in [-0.3, -0.25) is 0 Å². The lowest BCUT2D eigenvalue weighted by Gasteiger charge is -2.15. The number of phenolic OH excluding ortho intramolecular Hbond substituents is 3. The number of phenols is 3. The number of nitrogens with zero attached hydrogens (tertiary/aromatic N) is 1. The molecule has 4 aromatic rings. The first-order valence-corrected chi connectivity index (χ1v) is 10.7. The number of rotatable bonds is 6. The number of benzene rings is 3. The van der Waals surface area contributed by atoms with Crippen LogP contribution in [-0.2, 0) is 19.4 Å². The van der Waals surface area contributed by atoms with E-state index in [4.69, 9.17) is 14.9 Å². The molecule has 0 atom stereocenters. The zero-order chi connectivity index (χ0) is 22.9. The highest BCUT2D eigenvalue weighted by atomic mass is 16.5. The topological polar surface area (TPSA) is 74.9 Å². The van der Waals surface area contributed by atoms with E-state index in [0.29, 0.717) is 12.4 Å². The molecule has 0 bridgehead atoms. The van der Waals surface area contributed by atoms with Crippen molar-refractivity contribution < 1.29 is 20.1 Å². The van der Waals surface area contributed by atoms with Crippen LogP contribution in [0.2, 0.25) is 0 Å². The van der Waals surface area contributed by atoms with Gasteiger partial charge in [0.05, 0.1) is 5.69 Å². The Labute approximate surface area is 188 Å². The van der Waals surface area contributed by atoms with Gasteiger partial charge in [0.15, 0.2) is 0 Å². The lowest BCUT2D eigenvalue weighted by molar-refractivity contribution is 0.303. The second-order valence-electron chi connectivity index (χ2n) is 7.33. The van der Waals surface area contributed by atoms with Crippen molar-refractivity contribution in [3.63, 3.8) is 0 Å². The molecular formula is C27H29NO4. The van der Waals surface area contributed by atoms with Crippen molar-refractivity contribution in [2.75, 3.05) is 0 Å². The van der Waals surface area contributed by atoms with Crippen LogP contribution in [0, 0.1) is 0 Å². The van der Waals surface area contributed by atoms with Gasteiger partial charge in [0.2, 0.25) is 0 Å². The zero-order valence-corrected chi connectivity index (χ0v) is 18.4. The van der Waals surface area contributed by atoms with Crippen molar-refractivity contribution in [1.82, 2.24) is 4.57 Å². The van der Waals surface area contributed by atoms with E-state index >= 15 is 0 Å². The van der Waals surface area contributed by atoms with Crippen molar-refractivity contribution >= 4 is 0 Å². The fourth-order valence-electron chi connectivity index (χ4n) is 3.28. The minimum absolute atomic E-state index is 0.106. The molecule has 3 aromatic carbocycles. The van der Waals surface area contributed by atoms with Gasteiger partial charge in [-0.05, 0) is 53.8 Å². The van der Waals surface area contributed by atoms with Crippen LogP contribution in [0.15, 0.2) is 85.2 Å². The van der Waals surface area contributed by atoms with E-state index in [1.54, 1.807) is 18.2 Å². The number of hydrogen-bond acceptors (Lipinski definition) is 4. The monoisotopic (exact) mass is 431 g/mol. The molecule has 32 heavy (non-hydrogen) atoms. The predicted molar refractivity (Wildman–Crippen MR) is 127 cm³/mol. The highest BCUT2D eigenvalue weighted by molar-refractivity contribution is 5.55. The second-order valence-corrected chi connectivity index (χ2v) is 7.33. The van der Waals surface area contributed by atoms with E-state index in [1.165, 1.54) is 6.07 Å². The van der Waals surface area contributed by atoms with Crippen LogP contribution < -0.4 is 4.74 Å². The van der Waals surface area contributed by atoms with E-state index < -0.39 is 0 Å². The summed E-state index contributed by atoms with van der Waals surface area (Å²) in [5, 5.41) is 28.1. The summed E-state index contributed by atoms with van der Waals surface area (Å²) < 4.78 is 7.95. The molecule has 0 aliphatic rings. The third kappa shape index (κ3) is 5.85. The Balaban J connectivity index is 0.000000243. The summed E-state index contributed by atoms with van der Waals surface area (Å²) >= 11 is 0. The van der Waals surface area contributed by atoms with Crippen molar-refractivity contribution in [3.8, 4) is 28.7 Å². The van der Waals surface area contributed by atoms with Crippen LogP contribution in [0.5, 0.6) is 23.0 Å². The van der Waals surface area contributed by atoms with Crippen molar-refractivity contribution in [1.29, 1.82) is 0 Å². The van der Waals surface area contributed by atoms with Crippen molar-refractivity contribution in [2.24, 2.45) is 0 Å². The third-order valence-corrected chi connectivity index (χ3v) is 5.11. The van der Waals surface area contributed by atoms with E-state index in [9.17, 15) is 5.11 Å². The van der Waals surface area contributed by atoms with Gasteiger partial charge < -0.3 is 24.6 Å². The Bertz CT molecular complexity index is 1120. The van der Waals surface area contributed by atoms with Crippen LogP contribution in [0.25, 0.3) is 5.69 Å². The Morgan fingerprint density at radius 3 is 2.00 bits per heavy atom. The van der Waals surface area contributed by atoms with Gasteiger partial charge in [0, 0.05) is 24.5 Å². The first-order valence-electron chi connectivity index (χ1n) is 10.7. The summed E-state index contributed by atoms with van der Waals surface area (Å²) in [7, 11) is 0. The molecule has 0 unspecified atom stereocenters. The molecule has 0 spiro atoms.